The summed E-state index contributed by atoms with van der Waals surface area (Å²) >= 11 is 0. The van der Waals surface area contributed by atoms with E-state index in [1.54, 1.807) is 6.92 Å². The highest BCUT2D eigenvalue weighted by molar-refractivity contribution is 5.95. The van der Waals surface area contributed by atoms with E-state index < -0.39 is 30.4 Å². The van der Waals surface area contributed by atoms with Gasteiger partial charge < -0.3 is 5.32 Å². The summed E-state index contributed by atoms with van der Waals surface area (Å²) in [5.41, 5.74) is 0.319. The Morgan fingerprint density at radius 2 is 1.88 bits per heavy atom. The maximum atomic E-state index is 15.3. The lowest BCUT2D eigenvalue weighted by molar-refractivity contribution is 0.163. The number of rotatable bonds is 4. The van der Waals surface area contributed by atoms with E-state index in [9.17, 15) is 13.2 Å². The highest BCUT2D eigenvalue weighted by Crippen LogP contribution is 2.35. The number of nitrogens with one attached hydrogen (secondary N) is 1. The lowest BCUT2D eigenvalue weighted by atomic mass is 10.00. The lowest BCUT2D eigenvalue weighted by Crippen LogP contribution is -2.13. The fraction of sp³-hybridized carbons (Fsp3) is 0.261. The van der Waals surface area contributed by atoms with Crippen molar-refractivity contribution in [2.24, 2.45) is 5.92 Å². The van der Waals surface area contributed by atoms with Crippen LogP contribution in [-0.2, 0) is 0 Å². The van der Waals surface area contributed by atoms with Gasteiger partial charge in [0.15, 0.2) is 11.6 Å². The second-order valence-corrected chi connectivity index (χ2v) is 7.83. The standard InChI is InChI=1S/C23H16F5N5/c1-11-31-32-23-30-22(29-10-18(25)26)19-17(33(11)23)9-16(20(27)21(19)28)14-6-13(7-15(24)8-14)5-4-12-2-3-12/h6-9,12,18H,2-3,10H2,1H3,(H,29,30,32). The van der Waals surface area contributed by atoms with Crippen LogP contribution in [-0.4, -0.2) is 32.6 Å². The van der Waals surface area contributed by atoms with Crippen LogP contribution < -0.4 is 5.32 Å². The molecule has 2 aromatic heterocycles. The van der Waals surface area contributed by atoms with E-state index in [1.807, 2.05) is 0 Å². The number of hydrogen-bond acceptors (Lipinski definition) is 4. The molecule has 5 nitrogen and oxygen atoms in total. The van der Waals surface area contributed by atoms with Crippen molar-refractivity contribution in [1.82, 2.24) is 19.6 Å². The number of hydrogen-bond donors (Lipinski definition) is 1. The van der Waals surface area contributed by atoms with Gasteiger partial charge in [-0.2, -0.15) is 4.98 Å². The first kappa shape index (κ1) is 21.1. The summed E-state index contributed by atoms with van der Waals surface area (Å²) < 4.78 is 71.8. The Labute approximate surface area is 184 Å². The quantitative estimate of drug-likeness (QED) is 0.342. The summed E-state index contributed by atoms with van der Waals surface area (Å²) in [5.74, 6) is 3.01. The van der Waals surface area contributed by atoms with Crippen LogP contribution in [0.4, 0.5) is 27.8 Å². The van der Waals surface area contributed by atoms with Crippen molar-refractivity contribution in [3.63, 3.8) is 0 Å². The minimum atomic E-state index is -2.74. The van der Waals surface area contributed by atoms with Crippen molar-refractivity contribution < 1.29 is 22.0 Å². The molecule has 4 aromatic rings. The zero-order valence-electron chi connectivity index (χ0n) is 17.3. The zero-order valence-corrected chi connectivity index (χ0v) is 17.3. The molecule has 168 valence electrons. The van der Waals surface area contributed by atoms with Crippen molar-refractivity contribution >= 4 is 22.5 Å². The molecule has 0 unspecified atom stereocenters. The number of halogens is 5. The van der Waals surface area contributed by atoms with Crippen molar-refractivity contribution in [1.29, 1.82) is 0 Å². The number of anilines is 1. The Hall–Kier alpha value is -3.74. The molecule has 1 N–H and O–H groups in total. The summed E-state index contributed by atoms with van der Waals surface area (Å²) in [6.07, 6.45) is -0.763. The van der Waals surface area contributed by atoms with E-state index in [4.69, 9.17) is 0 Å². The van der Waals surface area contributed by atoms with E-state index in [-0.39, 0.29) is 39.5 Å². The fourth-order valence-corrected chi connectivity index (χ4v) is 3.62. The van der Waals surface area contributed by atoms with Crippen molar-refractivity contribution in [2.75, 3.05) is 11.9 Å². The molecule has 1 saturated carbocycles. The predicted molar refractivity (Wildman–Crippen MR) is 112 cm³/mol. The molecule has 1 aliphatic carbocycles. The van der Waals surface area contributed by atoms with Crippen LogP contribution >= 0.6 is 0 Å². The Kier molecular flexibility index (Phi) is 5.12. The lowest BCUT2D eigenvalue weighted by Gasteiger charge is -2.14. The second-order valence-electron chi connectivity index (χ2n) is 7.83. The van der Waals surface area contributed by atoms with Gasteiger partial charge in [0.05, 0.1) is 17.4 Å². The average Bonchev–Trinajstić information content (AvgIpc) is 3.53. The smallest absolute Gasteiger partial charge is 0.257 e. The Balaban J connectivity index is 1.75. The maximum absolute atomic E-state index is 15.3. The molecular weight excluding hydrogens is 441 g/mol. The molecule has 2 heterocycles. The van der Waals surface area contributed by atoms with Gasteiger partial charge >= 0.3 is 0 Å². The van der Waals surface area contributed by atoms with Crippen LogP contribution in [0.1, 0.15) is 24.2 Å². The molecule has 0 spiro atoms. The normalized spacial score (nSPS) is 13.5. The predicted octanol–water partition coefficient (Wildman–Crippen LogP) is 5.11. The second kappa shape index (κ2) is 7.99. The molecule has 0 amide bonds. The molecule has 0 bridgehead atoms. The first-order chi connectivity index (χ1) is 15.8. The number of alkyl halides is 2. The first-order valence-electron chi connectivity index (χ1n) is 10.2. The molecule has 1 fully saturated rings. The van der Waals surface area contributed by atoms with E-state index in [2.05, 4.69) is 32.3 Å². The van der Waals surface area contributed by atoms with Crippen molar-refractivity contribution in [2.45, 2.75) is 26.2 Å². The maximum Gasteiger partial charge on any atom is 0.257 e. The van der Waals surface area contributed by atoms with Crippen LogP contribution in [0.2, 0.25) is 0 Å². The van der Waals surface area contributed by atoms with Gasteiger partial charge in [0.1, 0.15) is 17.5 Å². The number of nitrogens with zero attached hydrogens (tertiary/aromatic N) is 4. The summed E-state index contributed by atoms with van der Waals surface area (Å²) in [7, 11) is 0. The van der Waals surface area contributed by atoms with Crippen LogP contribution in [0, 0.1) is 42.1 Å². The largest absolute Gasteiger partial charge is 0.364 e. The van der Waals surface area contributed by atoms with E-state index >= 15 is 8.78 Å². The van der Waals surface area contributed by atoms with E-state index in [0.717, 1.165) is 18.9 Å². The Morgan fingerprint density at radius 3 is 2.61 bits per heavy atom. The number of fused-ring (bicyclic) bond motifs is 3. The SMILES string of the molecule is Cc1nnc2nc(NCC(F)F)c3c(F)c(F)c(-c4cc(F)cc(C#CC5CC5)c4)cc3n12. The van der Waals surface area contributed by atoms with Crippen LogP contribution in [0.15, 0.2) is 24.3 Å². The molecule has 0 atom stereocenters. The molecule has 10 heteroatoms. The summed E-state index contributed by atoms with van der Waals surface area (Å²) in [6, 6.07) is 5.10. The third-order valence-corrected chi connectivity index (χ3v) is 5.31. The van der Waals surface area contributed by atoms with Gasteiger partial charge in [-0.05, 0) is 49.6 Å². The van der Waals surface area contributed by atoms with Crippen LogP contribution in [0.5, 0.6) is 0 Å². The molecular formula is C23H16F5N5. The Bertz CT molecular complexity index is 1460. The highest BCUT2D eigenvalue weighted by atomic mass is 19.3. The highest BCUT2D eigenvalue weighted by Gasteiger charge is 2.23. The molecule has 2 aromatic carbocycles. The third kappa shape index (κ3) is 3.95. The average molecular weight is 457 g/mol. The summed E-state index contributed by atoms with van der Waals surface area (Å²) in [6.45, 7) is 0.767. The third-order valence-electron chi connectivity index (χ3n) is 5.31. The van der Waals surface area contributed by atoms with Gasteiger partial charge in [0.2, 0.25) is 0 Å². The van der Waals surface area contributed by atoms with Gasteiger partial charge in [-0.1, -0.05) is 11.8 Å². The number of aromatic nitrogens is 4. The zero-order chi connectivity index (χ0) is 23.3. The molecule has 1 aliphatic rings. The van der Waals surface area contributed by atoms with Crippen LogP contribution in [0.25, 0.3) is 27.8 Å². The molecule has 0 radical (unpaired) electrons. The van der Waals surface area contributed by atoms with Gasteiger partial charge in [0, 0.05) is 17.0 Å². The van der Waals surface area contributed by atoms with Gasteiger partial charge in [-0.25, -0.2) is 22.0 Å². The summed E-state index contributed by atoms with van der Waals surface area (Å²) in [4.78, 5) is 4.04. The van der Waals surface area contributed by atoms with Gasteiger partial charge in [-0.3, -0.25) is 4.40 Å². The topological polar surface area (TPSA) is 55.1 Å². The van der Waals surface area contributed by atoms with Gasteiger partial charge in [0.25, 0.3) is 12.2 Å². The minimum absolute atomic E-state index is 0.0176. The molecule has 0 saturated heterocycles. The first-order valence-corrected chi connectivity index (χ1v) is 10.2. The number of aryl methyl sites for hydroxylation is 1. The monoisotopic (exact) mass is 457 g/mol. The molecule has 5 rings (SSSR count). The van der Waals surface area contributed by atoms with E-state index in [1.165, 1.54) is 22.6 Å². The van der Waals surface area contributed by atoms with Crippen molar-refractivity contribution in [3.8, 4) is 23.0 Å². The van der Waals surface area contributed by atoms with Crippen molar-refractivity contribution in [3.05, 3.63) is 53.1 Å². The Morgan fingerprint density at radius 1 is 1.09 bits per heavy atom. The van der Waals surface area contributed by atoms with Crippen LogP contribution in [0.3, 0.4) is 0 Å². The fourth-order valence-electron chi connectivity index (χ4n) is 3.62. The number of benzene rings is 2. The molecule has 0 aliphatic heterocycles. The summed E-state index contributed by atoms with van der Waals surface area (Å²) in [5, 5.41) is 9.76. The van der Waals surface area contributed by atoms with Gasteiger partial charge in [-0.15, -0.1) is 10.2 Å². The van der Waals surface area contributed by atoms with E-state index in [0.29, 0.717) is 11.4 Å². The molecule has 33 heavy (non-hydrogen) atoms. The minimum Gasteiger partial charge on any atom is -0.364 e.